The molecule has 0 aromatic heterocycles. The van der Waals surface area contributed by atoms with E-state index < -0.39 is 15.9 Å². The van der Waals surface area contributed by atoms with Crippen LogP contribution in [-0.4, -0.2) is 49.7 Å². The molecule has 2 aromatic rings. The molecule has 0 radical (unpaired) electrons. The van der Waals surface area contributed by atoms with Gasteiger partial charge in [0.15, 0.2) is 0 Å². The Morgan fingerprint density at radius 3 is 2.62 bits per heavy atom. The maximum absolute atomic E-state index is 13.8. The summed E-state index contributed by atoms with van der Waals surface area (Å²) in [4.78, 5) is 13.8. The predicted molar refractivity (Wildman–Crippen MR) is 122 cm³/mol. The molecule has 6 nitrogen and oxygen atoms in total. The Hall–Kier alpha value is -1.65. The van der Waals surface area contributed by atoms with E-state index >= 15 is 0 Å². The first kappa shape index (κ1) is 23.5. The Labute approximate surface area is 196 Å². The molecule has 0 saturated carbocycles. The van der Waals surface area contributed by atoms with Crippen LogP contribution in [0.15, 0.2) is 46.2 Å². The molecule has 4 rings (SSSR count). The largest absolute Gasteiger partial charge is 0.373 e. The van der Waals surface area contributed by atoms with Crippen LogP contribution in [0.25, 0.3) is 0 Å². The Kier molecular flexibility index (Phi) is 6.84. The van der Waals surface area contributed by atoms with Crippen molar-refractivity contribution in [1.82, 2.24) is 9.62 Å². The first-order chi connectivity index (χ1) is 15.1. The Bertz CT molecular complexity index is 1130. The smallest absolute Gasteiger partial charge is 0.251 e. The summed E-state index contributed by atoms with van der Waals surface area (Å²) in [5.41, 5.74) is 0.909. The van der Waals surface area contributed by atoms with Crippen molar-refractivity contribution in [3.63, 3.8) is 0 Å². The fourth-order valence-electron chi connectivity index (χ4n) is 4.07. The summed E-state index contributed by atoms with van der Waals surface area (Å²) in [6, 6.07) is 8.41. The number of fused-ring (bicyclic) bond motifs is 1. The monoisotopic (exact) mass is 498 g/mol. The highest BCUT2D eigenvalue weighted by Crippen LogP contribution is 2.37. The molecule has 172 valence electrons. The van der Waals surface area contributed by atoms with Crippen LogP contribution in [0.4, 0.5) is 4.39 Å². The van der Waals surface area contributed by atoms with E-state index in [2.05, 4.69) is 5.32 Å². The second-order valence-electron chi connectivity index (χ2n) is 8.07. The number of rotatable bonds is 4. The second-order valence-corrected chi connectivity index (χ2v) is 11.5. The van der Waals surface area contributed by atoms with Gasteiger partial charge in [-0.3, -0.25) is 4.79 Å². The molecule has 10 heteroatoms. The molecule has 2 aliphatic heterocycles. The van der Waals surface area contributed by atoms with Gasteiger partial charge in [-0.15, -0.1) is 11.8 Å². The van der Waals surface area contributed by atoms with E-state index in [1.807, 2.05) is 13.8 Å². The number of nitrogens with one attached hydrogen (secondary N) is 1. The van der Waals surface area contributed by atoms with Gasteiger partial charge >= 0.3 is 0 Å². The van der Waals surface area contributed by atoms with Gasteiger partial charge in [0.2, 0.25) is 10.0 Å². The Balaban J connectivity index is 1.59. The number of amides is 1. The standard InChI is InChI=1S/C22H24ClFN2O4S2/c1-13-11-26(12-14(2)30-13)32(28,29)21-9-15(3-5-18(21)23)22(27)25-19-7-8-31-20-6-4-16(24)10-17(19)20/h3-6,9-10,13-14,19H,7-8,11-12H2,1-2H3,(H,25,27)/t13-,14+,19-/m0/s1. The highest BCUT2D eigenvalue weighted by atomic mass is 35.5. The van der Waals surface area contributed by atoms with Crippen molar-refractivity contribution in [2.45, 2.75) is 48.3 Å². The molecule has 2 heterocycles. The summed E-state index contributed by atoms with van der Waals surface area (Å²) in [7, 11) is -3.91. The zero-order chi connectivity index (χ0) is 23.0. The molecule has 0 spiro atoms. The summed E-state index contributed by atoms with van der Waals surface area (Å²) < 4.78 is 47.3. The van der Waals surface area contributed by atoms with Crippen molar-refractivity contribution in [2.75, 3.05) is 18.8 Å². The molecule has 1 saturated heterocycles. The van der Waals surface area contributed by atoms with Crippen LogP contribution >= 0.6 is 23.4 Å². The van der Waals surface area contributed by atoms with E-state index in [-0.39, 0.29) is 52.6 Å². The zero-order valence-electron chi connectivity index (χ0n) is 17.7. The first-order valence-corrected chi connectivity index (χ1v) is 13.1. The average Bonchev–Trinajstić information content (AvgIpc) is 2.73. The number of sulfonamides is 1. The van der Waals surface area contributed by atoms with Gasteiger partial charge in [-0.05, 0) is 62.2 Å². The number of ether oxygens (including phenoxy) is 1. The number of carbonyl (C=O) groups is 1. The van der Waals surface area contributed by atoms with E-state index in [1.165, 1.54) is 34.6 Å². The lowest BCUT2D eigenvalue weighted by Crippen LogP contribution is -2.48. The molecule has 3 atom stereocenters. The second kappa shape index (κ2) is 9.30. The van der Waals surface area contributed by atoms with Crippen LogP contribution in [0.5, 0.6) is 0 Å². The minimum atomic E-state index is -3.91. The van der Waals surface area contributed by atoms with Gasteiger partial charge in [-0.25, -0.2) is 12.8 Å². The summed E-state index contributed by atoms with van der Waals surface area (Å²) in [6.07, 6.45) is 0.154. The van der Waals surface area contributed by atoms with Crippen molar-refractivity contribution < 1.29 is 22.3 Å². The molecule has 0 bridgehead atoms. The fraction of sp³-hybridized carbons (Fsp3) is 0.409. The van der Waals surface area contributed by atoms with Crippen LogP contribution < -0.4 is 5.32 Å². The average molecular weight is 499 g/mol. The van der Waals surface area contributed by atoms with Gasteiger partial charge in [0.25, 0.3) is 5.91 Å². The Morgan fingerprint density at radius 1 is 1.19 bits per heavy atom. The van der Waals surface area contributed by atoms with Crippen LogP contribution in [0.3, 0.4) is 0 Å². The maximum Gasteiger partial charge on any atom is 0.251 e. The van der Waals surface area contributed by atoms with Gasteiger partial charge in [0.1, 0.15) is 10.7 Å². The summed E-state index contributed by atoms with van der Waals surface area (Å²) in [5, 5.41) is 2.97. The van der Waals surface area contributed by atoms with E-state index in [1.54, 1.807) is 17.8 Å². The molecule has 0 unspecified atom stereocenters. The third kappa shape index (κ3) is 4.82. The highest BCUT2D eigenvalue weighted by Gasteiger charge is 2.34. The third-order valence-corrected chi connectivity index (χ3v) is 8.95. The van der Waals surface area contributed by atoms with E-state index in [0.29, 0.717) is 6.42 Å². The number of halogens is 2. The Morgan fingerprint density at radius 2 is 1.91 bits per heavy atom. The lowest BCUT2D eigenvalue weighted by atomic mass is 10.0. The zero-order valence-corrected chi connectivity index (χ0v) is 20.1. The van der Waals surface area contributed by atoms with Crippen LogP contribution in [-0.2, 0) is 14.8 Å². The number of nitrogens with zero attached hydrogens (tertiary/aromatic N) is 1. The molecule has 2 aliphatic rings. The molecule has 0 aliphatic carbocycles. The first-order valence-electron chi connectivity index (χ1n) is 10.3. The van der Waals surface area contributed by atoms with Crippen LogP contribution in [0.1, 0.15) is 42.2 Å². The molecule has 1 N–H and O–H groups in total. The molecular formula is C22H24ClFN2O4S2. The van der Waals surface area contributed by atoms with E-state index in [0.717, 1.165) is 16.2 Å². The fourth-order valence-corrected chi connectivity index (χ4v) is 7.26. The van der Waals surface area contributed by atoms with E-state index in [9.17, 15) is 17.6 Å². The number of benzene rings is 2. The number of thioether (sulfide) groups is 1. The van der Waals surface area contributed by atoms with Gasteiger partial charge in [0.05, 0.1) is 23.3 Å². The number of hydrogen-bond acceptors (Lipinski definition) is 5. The van der Waals surface area contributed by atoms with Crippen molar-refractivity contribution in [1.29, 1.82) is 0 Å². The predicted octanol–water partition coefficient (Wildman–Crippen LogP) is 4.24. The van der Waals surface area contributed by atoms with Crippen molar-refractivity contribution in [2.24, 2.45) is 0 Å². The highest BCUT2D eigenvalue weighted by molar-refractivity contribution is 7.99. The number of morpholine rings is 1. The summed E-state index contributed by atoms with van der Waals surface area (Å²) >= 11 is 7.86. The van der Waals surface area contributed by atoms with Gasteiger partial charge < -0.3 is 10.1 Å². The van der Waals surface area contributed by atoms with E-state index in [4.69, 9.17) is 16.3 Å². The summed E-state index contributed by atoms with van der Waals surface area (Å²) in [5.74, 6) is -0.00897. The van der Waals surface area contributed by atoms with Gasteiger partial charge in [-0.2, -0.15) is 4.31 Å². The van der Waals surface area contributed by atoms with Crippen LogP contribution in [0.2, 0.25) is 5.02 Å². The van der Waals surface area contributed by atoms with Crippen LogP contribution in [0, 0.1) is 5.82 Å². The third-order valence-electron chi connectivity index (χ3n) is 5.51. The van der Waals surface area contributed by atoms with Gasteiger partial charge in [-0.1, -0.05) is 11.6 Å². The topological polar surface area (TPSA) is 75.7 Å². The molecule has 1 amide bonds. The lowest BCUT2D eigenvalue weighted by Gasteiger charge is -2.34. The minimum absolute atomic E-state index is 0.0508. The normalized spacial score (nSPS) is 24.1. The number of carbonyl (C=O) groups excluding carboxylic acids is 1. The minimum Gasteiger partial charge on any atom is -0.373 e. The lowest BCUT2D eigenvalue weighted by molar-refractivity contribution is -0.0440. The van der Waals surface area contributed by atoms with Crippen molar-refractivity contribution in [3.05, 3.63) is 58.4 Å². The quantitative estimate of drug-likeness (QED) is 0.682. The molecular weight excluding hydrogens is 475 g/mol. The number of hydrogen-bond donors (Lipinski definition) is 1. The molecule has 32 heavy (non-hydrogen) atoms. The molecule has 1 fully saturated rings. The van der Waals surface area contributed by atoms with Crippen molar-refractivity contribution >= 4 is 39.3 Å². The maximum atomic E-state index is 13.8. The van der Waals surface area contributed by atoms with Crippen molar-refractivity contribution in [3.8, 4) is 0 Å². The molecule has 2 aromatic carbocycles. The SMILES string of the molecule is C[C@@H]1CN(S(=O)(=O)c2cc(C(=O)N[C@H]3CCSc4ccc(F)cc43)ccc2Cl)C[C@H](C)O1. The van der Waals surface area contributed by atoms with Gasteiger partial charge in [0, 0.05) is 29.3 Å². The summed E-state index contributed by atoms with van der Waals surface area (Å²) in [6.45, 7) is 4.04.